The van der Waals surface area contributed by atoms with Gasteiger partial charge in [-0.2, -0.15) is 0 Å². The van der Waals surface area contributed by atoms with Gasteiger partial charge in [-0.15, -0.1) is 0 Å². The molecule has 19 heavy (non-hydrogen) atoms. The number of nitrogens with two attached hydrogens (primary N) is 1. The highest BCUT2D eigenvalue weighted by Gasteiger charge is 2.14. The maximum atomic E-state index is 12.0. The van der Waals surface area contributed by atoms with Gasteiger partial charge in [-0.25, -0.2) is 15.8 Å². The minimum Gasteiger partial charge on any atom is -0.347 e. The number of hydrogen-bond donors (Lipinski definition) is 4. The Morgan fingerprint density at radius 1 is 1.53 bits per heavy atom. The molecule has 1 atom stereocenters. The number of nitrogen functional groups attached to an aromatic ring is 1. The summed E-state index contributed by atoms with van der Waals surface area (Å²) < 4.78 is 0. The summed E-state index contributed by atoms with van der Waals surface area (Å²) in [6, 6.07) is 1.25. The lowest BCUT2D eigenvalue weighted by Crippen LogP contribution is -2.27. The SMILES string of the molecule is CC(NC(=O)c1cnc(NN)c(Cl)c1)c1ncc[nH]1. The first-order chi connectivity index (χ1) is 9.11. The summed E-state index contributed by atoms with van der Waals surface area (Å²) in [6.45, 7) is 1.82. The van der Waals surface area contributed by atoms with Crippen molar-refractivity contribution in [3.63, 3.8) is 0 Å². The van der Waals surface area contributed by atoms with Gasteiger partial charge in [0, 0.05) is 18.6 Å². The lowest BCUT2D eigenvalue weighted by atomic mass is 10.2. The van der Waals surface area contributed by atoms with Crippen molar-refractivity contribution < 1.29 is 4.79 Å². The molecule has 2 aromatic heterocycles. The van der Waals surface area contributed by atoms with E-state index in [1.165, 1.54) is 12.3 Å². The van der Waals surface area contributed by atoms with E-state index in [1.54, 1.807) is 12.4 Å². The average Bonchev–Trinajstić information content (AvgIpc) is 2.92. The zero-order valence-corrected chi connectivity index (χ0v) is 10.9. The third kappa shape index (κ3) is 3.01. The second-order valence-electron chi connectivity index (χ2n) is 3.87. The van der Waals surface area contributed by atoms with Crippen molar-refractivity contribution in [3.05, 3.63) is 41.1 Å². The lowest BCUT2D eigenvalue weighted by Gasteiger charge is -2.12. The van der Waals surface area contributed by atoms with Crippen LogP contribution in [0.3, 0.4) is 0 Å². The van der Waals surface area contributed by atoms with E-state index in [1.807, 2.05) is 6.92 Å². The molecule has 0 aliphatic heterocycles. The van der Waals surface area contributed by atoms with Crippen LogP contribution >= 0.6 is 11.6 Å². The maximum Gasteiger partial charge on any atom is 0.253 e. The van der Waals surface area contributed by atoms with Crippen molar-refractivity contribution in [2.75, 3.05) is 5.43 Å². The van der Waals surface area contributed by atoms with Gasteiger partial charge in [-0.05, 0) is 13.0 Å². The van der Waals surface area contributed by atoms with Crippen LogP contribution in [0.15, 0.2) is 24.7 Å². The fourth-order valence-corrected chi connectivity index (χ4v) is 1.75. The number of carbonyl (C=O) groups is 1. The summed E-state index contributed by atoms with van der Waals surface area (Å²) in [5.41, 5.74) is 2.68. The fourth-order valence-electron chi connectivity index (χ4n) is 1.53. The highest BCUT2D eigenvalue weighted by Crippen LogP contribution is 2.19. The number of pyridine rings is 1. The van der Waals surface area contributed by atoms with E-state index in [0.29, 0.717) is 17.2 Å². The Morgan fingerprint density at radius 3 is 2.89 bits per heavy atom. The molecule has 5 N–H and O–H groups in total. The monoisotopic (exact) mass is 280 g/mol. The minimum absolute atomic E-state index is 0.242. The van der Waals surface area contributed by atoms with Crippen LogP contribution in [0.1, 0.15) is 29.1 Å². The highest BCUT2D eigenvalue weighted by molar-refractivity contribution is 6.33. The van der Waals surface area contributed by atoms with Crippen LogP contribution in [0.5, 0.6) is 0 Å². The summed E-state index contributed by atoms with van der Waals surface area (Å²) >= 11 is 5.91. The molecule has 100 valence electrons. The number of halogens is 1. The van der Waals surface area contributed by atoms with E-state index in [2.05, 4.69) is 25.7 Å². The molecule has 7 nitrogen and oxygen atoms in total. The maximum absolute atomic E-state index is 12.0. The van der Waals surface area contributed by atoms with Gasteiger partial charge in [0.2, 0.25) is 0 Å². The molecule has 2 rings (SSSR count). The summed E-state index contributed by atoms with van der Waals surface area (Å²) in [4.78, 5) is 22.9. The summed E-state index contributed by atoms with van der Waals surface area (Å²) in [7, 11) is 0. The average molecular weight is 281 g/mol. The Kier molecular flexibility index (Phi) is 3.98. The van der Waals surface area contributed by atoms with Gasteiger partial charge >= 0.3 is 0 Å². The van der Waals surface area contributed by atoms with Crippen LogP contribution in [0, 0.1) is 0 Å². The Hall–Kier alpha value is -2.12. The van der Waals surface area contributed by atoms with Crippen molar-refractivity contribution in [2.45, 2.75) is 13.0 Å². The van der Waals surface area contributed by atoms with Gasteiger partial charge in [0.25, 0.3) is 5.91 Å². The molecule has 0 saturated heterocycles. The van der Waals surface area contributed by atoms with Crippen LogP contribution in [-0.2, 0) is 0 Å². The number of nitrogens with zero attached hydrogens (tertiary/aromatic N) is 2. The third-order valence-corrected chi connectivity index (χ3v) is 2.81. The fraction of sp³-hybridized carbons (Fsp3) is 0.182. The molecule has 0 aliphatic rings. The first-order valence-electron chi connectivity index (χ1n) is 5.54. The molecule has 0 radical (unpaired) electrons. The zero-order chi connectivity index (χ0) is 13.8. The highest BCUT2D eigenvalue weighted by atomic mass is 35.5. The molecule has 8 heteroatoms. The van der Waals surface area contributed by atoms with Gasteiger partial charge in [0.1, 0.15) is 5.82 Å². The molecule has 0 bridgehead atoms. The normalized spacial score (nSPS) is 11.9. The van der Waals surface area contributed by atoms with Crippen molar-refractivity contribution in [1.29, 1.82) is 0 Å². The number of H-pyrrole nitrogens is 1. The van der Waals surface area contributed by atoms with Gasteiger partial charge in [0.05, 0.1) is 16.6 Å². The number of hydrazine groups is 1. The Labute approximate surface area is 114 Å². The van der Waals surface area contributed by atoms with Crippen molar-refractivity contribution >= 4 is 23.3 Å². The molecule has 1 amide bonds. The number of nitrogens with one attached hydrogen (secondary N) is 3. The van der Waals surface area contributed by atoms with Crippen LogP contribution in [0.25, 0.3) is 0 Å². The molecule has 2 heterocycles. The molecule has 0 saturated carbocycles. The Bertz CT molecular complexity index is 571. The largest absolute Gasteiger partial charge is 0.347 e. The smallest absolute Gasteiger partial charge is 0.253 e. The molecule has 0 fully saturated rings. The van der Waals surface area contributed by atoms with Crippen molar-refractivity contribution in [1.82, 2.24) is 20.3 Å². The van der Waals surface area contributed by atoms with E-state index in [4.69, 9.17) is 17.4 Å². The molecular formula is C11H13ClN6O. The summed E-state index contributed by atoms with van der Waals surface area (Å²) in [6.07, 6.45) is 4.71. The van der Waals surface area contributed by atoms with Crippen LogP contribution in [-0.4, -0.2) is 20.9 Å². The van der Waals surface area contributed by atoms with E-state index in [-0.39, 0.29) is 17.0 Å². The van der Waals surface area contributed by atoms with E-state index in [0.717, 1.165) is 0 Å². The van der Waals surface area contributed by atoms with Gasteiger partial charge in [-0.3, -0.25) is 4.79 Å². The first kappa shape index (κ1) is 13.3. The third-order valence-electron chi connectivity index (χ3n) is 2.52. The predicted octanol–water partition coefficient (Wildman–Crippen LogP) is 1.23. The first-order valence-corrected chi connectivity index (χ1v) is 5.92. The topological polar surface area (TPSA) is 109 Å². The lowest BCUT2D eigenvalue weighted by molar-refractivity contribution is 0.0938. The summed E-state index contributed by atoms with van der Waals surface area (Å²) in [5.74, 6) is 5.91. The molecule has 0 spiro atoms. The Morgan fingerprint density at radius 2 is 2.32 bits per heavy atom. The molecular weight excluding hydrogens is 268 g/mol. The van der Waals surface area contributed by atoms with E-state index >= 15 is 0 Å². The van der Waals surface area contributed by atoms with Crippen LogP contribution in [0.4, 0.5) is 5.82 Å². The van der Waals surface area contributed by atoms with E-state index in [9.17, 15) is 4.79 Å². The van der Waals surface area contributed by atoms with Crippen LogP contribution in [0.2, 0.25) is 5.02 Å². The van der Waals surface area contributed by atoms with Gasteiger partial charge in [0.15, 0.2) is 5.82 Å². The van der Waals surface area contributed by atoms with Crippen molar-refractivity contribution in [3.8, 4) is 0 Å². The number of hydrogen-bond acceptors (Lipinski definition) is 5. The minimum atomic E-state index is -0.290. The number of imidazole rings is 1. The second-order valence-corrected chi connectivity index (χ2v) is 4.28. The molecule has 0 aromatic carbocycles. The standard InChI is InChI=1S/C11H13ClN6O/c1-6(9-14-2-3-15-9)17-11(19)7-4-8(12)10(18-13)16-5-7/h2-6H,13H2,1H3,(H,14,15)(H,16,18)(H,17,19). The number of aromatic nitrogens is 3. The number of aromatic amines is 1. The van der Waals surface area contributed by atoms with E-state index < -0.39 is 0 Å². The predicted molar refractivity (Wildman–Crippen MR) is 71.5 cm³/mol. The number of amides is 1. The zero-order valence-electron chi connectivity index (χ0n) is 10.1. The van der Waals surface area contributed by atoms with Gasteiger partial charge < -0.3 is 15.7 Å². The second kappa shape index (κ2) is 5.68. The number of carbonyl (C=O) groups excluding carboxylic acids is 1. The Balaban J connectivity index is 2.10. The van der Waals surface area contributed by atoms with Crippen LogP contribution < -0.4 is 16.6 Å². The number of rotatable bonds is 4. The number of anilines is 1. The summed E-state index contributed by atoms with van der Waals surface area (Å²) in [5, 5.41) is 3.06. The van der Waals surface area contributed by atoms with Gasteiger partial charge in [-0.1, -0.05) is 11.6 Å². The molecule has 2 aromatic rings. The van der Waals surface area contributed by atoms with Crippen molar-refractivity contribution in [2.24, 2.45) is 5.84 Å². The molecule has 1 unspecified atom stereocenters. The quantitative estimate of drug-likeness (QED) is 0.498. The molecule has 0 aliphatic carbocycles.